The number of fused-ring (bicyclic) bond motifs is 1. The number of hydrogen-bond acceptors (Lipinski definition) is 2. The molecule has 3 nitrogen and oxygen atoms in total. The number of nitrogens with one attached hydrogen (secondary N) is 1. The Labute approximate surface area is 125 Å². The summed E-state index contributed by atoms with van der Waals surface area (Å²) in [6, 6.07) is 6.43. The van der Waals surface area contributed by atoms with Crippen LogP contribution in [0.2, 0.25) is 0 Å². The van der Waals surface area contributed by atoms with E-state index < -0.39 is 6.10 Å². The molecule has 0 fully saturated rings. The van der Waals surface area contributed by atoms with E-state index in [1.54, 1.807) is 0 Å². The zero-order valence-electron chi connectivity index (χ0n) is 13.3. The Morgan fingerprint density at radius 3 is 2.24 bits per heavy atom. The molecule has 110 valence electrons. The summed E-state index contributed by atoms with van der Waals surface area (Å²) in [4.78, 5) is 5.62. The summed E-state index contributed by atoms with van der Waals surface area (Å²) in [5.41, 5.74) is 8.02. The second-order valence-corrected chi connectivity index (χ2v) is 6.09. The fourth-order valence-corrected chi connectivity index (χ4v) is 3.39. The quantitative estimate of drug-likeness (QED) is 0.816. The summed E-state index contributed by atoms with van der Waals surface area (Å²) in [6.07, 6.45) is 1.38. The number of aromatic amines is 1. The summed E-state index contributed by atoms with van der Waals surface area (Å²) >= 11 is 0. The minimum Gasteiger partial charge on any atom is -0.384 e. The van der Waals surface area contributed by atoms with Crippen LogP contribution in [0.25, 0.3) is 0 Å². The lowest BCUT2D eigenvalue weighted by molar-refractivity contribution is 0.226. The zero-order valence-corrected chi connectivity index (χ0v) is 13.3. The summed E-state index contributed by atoms with van der Waals surface area (Å²) in [5, 5.41) is 10.3. The van der Waals surface area contributed by atoms with Gasteiger partial charge in [-0.15, -0.1) is 0 Å². The normalized spacial score (nSPS) is 17.7. The molecule has 1 unspecified atom stereocenters. The first kappa shape index (κ1) is 14.0. The predicted octanol–water partition coefficient (Wildman–Crippen LogP) is 4.34. The van der Waals surface area contributed by atoms with Crippen molar-refractivity contribution in [2.45, 2.75) is 40.7 Å². The molecule has 3 heteroatoms. The molecule has 0 amide bonds. The molecule has 1 aromatic heterocycles. The standard InChI is InChI=1S/C18H22N2O/c1-10-6-11(2)17(12(3)7-10)20-14(5)9-16(21)15-8-13(4)19-18(15)20/h6-9,16,19,21H,1-5H3. The Hall–Kier alpha value is -2.00. The molecule has 21 heavy (non-hydrogen) atoms. The van der Waals surface area contributed by atoms with Gasteiger partial charge in [-0.25, -0.2) is 0 Å². The van der Waals surface area contributed by atoms with E-state index in [2.05, 4.69) is 42.8 Å². The number of aliphatic hydroxyl groups is 1. The largest absolute Gasteiger partial charge is 0.384 e. The fourth-order valence-electron chi connectivity index (χ4n) is 3.39. The van der Waals surface area contributed by atoms with Gasteiger partial charge < -0.3 is 15.0 Å². The van der Waals surface area contributed by atoms with Crippen LogP contribution in [0.1, 0.15) is 41.0 Å². The molecule has 1 aromatic carbocycles. The molecular formula is C18H22N2O. The van der Waals surface area contributed by atoms with Crippen LogP contribution in [0.4, 0.5) is 11.5 Å². The molecule has 2 heterocycles. The van der Waals surface area contributed by atoms with Crippen molar-refractivity contribution in [3.8, 4) is 0 Å². The van der Waals surface area contributed by atoms with E-state index in [0.717, 1.165) is 22.8 Å². The maximum Gasteiger partial charge on any atom is 0.121 e. The van der Waals surface area contributed by atoms with Crippen LogP contribution in [0, 0.1) is 27.7 Å². The number of rotatable bonds is 1. The van der Waals surface area contributed by atoms with Crippen LogP contribution >= 0.6 is 0 Å². The third-order valence-electron chi connectivity index (χ3n) is 4.11. The SMILES string of the molecule is CC1=CC(O)c2cc(C)[nH]c2N1c1c(C)cc(C)cc1C. The van der Waals surface area contributed by atoms with Gasteiger partial charge in [0.25, 0.3) is 0 Å². The van der Waals surface area contributed by atoms with Crippen LogP contribution in [0.3, 0.4) is 0 Å². The minimum absolute atomic E-state index is 0.535. The molecule has 0 radical (unpaired) electrons. The second kappa shape index (κ2) is 4.78. The lowest BCUT2D eigenvalue weighted by Crippen LogP contribution is -2.23. The first-order chi connectivity index (χ1) is 9.88. The fraction of sp³-hybridized carbons (Fsp3) is 0.333. The van der Waals surface area contributed by atoms with Crippen molar-refractivity contribution in [2.24, 2.45) is 0 Å². The van der Waals surface area contributed by atoms with Crippen molar-refractivity contribution in [2.75, 3.05) is 4.90 Å². The second-order valence-electron chi connectivity index (χ2n) is 6.09. The van der Waals surface area contributed by atoms with E-state index >= 15 is 0 Å². The van der Waals surface area contributed by atoms with Crippen LogP contribution in [-0.2, 0) is 0 Å². The summed E-state index contributed by atoms with van der Waals surface area (Å²) in [6.45, 7) is 10.5. The third-order valence-corrected chi connectivity index (χ3v) is 4.11. The van der Waals surface area contributed by atoms with Gasteiger partial charge in [0.05, 0.1) is 5.69 Å². The van der Waals surface area contributed by atoms with Gasteiger partial charge in [0.2, 0.25) is 0 Å². The zero-order chi connectivity index (χ0) is 15.3. The molecule has 0 bridgehead atoms. The van der Waals surface area contributed by atoms with E-state index in [-0.39, 0.29) is 0 Å². The molecule has 0 saturated heterocycles. The van der Waals surface area contributed by atoms with Crippen molar-refractivity contribution in [1.82, 2.24) is 4.98 Å². The predicted molar refractivity (Wildman–Crippen MR) is 87.0 cm³/mol. The number of allylic oxidation sites excluding steroid dienone is 1. The number of aryl methyl sites for hydroxylation is 4. The first-order valence-corrected chi connectivity index (χ1v) is 7.32. The number of benzene rings is 1. The number of aliphatic hydroxyl groups excluding tert-OH is 1. The van der Waals surface area contributed by atoms with Crippen molar-refractivity contribution in [3.63, 3.8) is 0 Å². The van der Waals surface area contributed by atoms with Crippen molar-refractivity contribution in [3.05, 3.63) is 57.9 Å². The average Bonchev–Trinajstić information content (AvgIpc) is 2.74. The van der Waals surface area contributed by atoms with E-state index in [1.165, 1.54) is 22.4 Å². The third kappa shape index (κ3) is 2.18. The number of anilines is 2. The Kier molecular flexibility index (Phi) is 3.18. The smallest absolute Gasteiger partial charge is 0.121 e. The average molecular weight is 282 g/mol. The topological polar surface area (TPSA) is 39.3 Å². The number of nitrogens with zero attached hydrogens (tertiary/aromatic N) is 1. The highest BCUT2D eigenvalue weighted by Crippen LogP contribution is 2.42. The van der Waals surface area contributed by atoms with Crippen molar-refractivity contribution in [1.29, 1.82) is 0 Å². The van der Waals surface area contributed by atoms with Gasteiger partial charge in [0, 0.05) is 17.0 Å². The molecular weight excluding hydrogens is 260 g/mol. The summed E-state index contributed by atoms with van der Waals surface area (Å²) in [5.74, 6) is 0.982. The molecule has 3 rings (SSSR count). The van der Waals surface area contributed by atoms with Gasteiger partial charge in [-0.1, -0.05) is 17.7 Å². The van der Waals surface area contributed by atoms with Crippen molar-refractivity contribution < 1.29 is 5.11 Å². The Morgan fingerprint density at radius 2 is 1.62 bits per heavy atom. The summed E-state index contributed by atoms with van der Waals surface area (Å²) in [7, 11) is 0. The molecule has 2 aromatic rings. The van der Waals surface area contributed by atoms with Gasteiger partial charge in [-0.3, -0.25) is 0 Å². The molecule has 1 atom stereocenters. The lowest BCUT2D eigenvalue weighted by Gasteiger charge is -2.33. The molecule has 0 saturated carbocycles. The van der Waals surface area contributed by atoms with Gasteiger partial charge in [-0.2, -0.15) is 0 Å². The van der Waals surface area contributed by atoms with Crippen LogP contribution in [-0.4, -0.2) is 10.1 Å². The minimum atomic E-state index is -0.535. The monoisotopic (exact) mass is 282 g/mol. The van der Waals surface area contributed by atoms with E-state index in [9.17, 15) is 5.11 Å². The Balaban J connectivity index is 2.24. The molecule has 1 aliphatic rings. The first-order valence-electron chi connectivity index (χ1n) is 7.32. The highest BCUT2D eigenvalue weighted by molar-refractivity contribution is 5.76. The molecule has 1 aliphatic heterocycles. The molecule has 0 spiro atoms. The number of aromatic nitrogens is 1. The van der Waals surface area contributed by atoms with Gasteiger partial charge >= 0.3 is 0 Å². The maximum atomic E-state index is 10.3. The van der Waals surface area contributed by atoms with Crippen LogP contribution < -0.4 is 4.90 Å². The van der Waals surface area contributed by atoms with E-state index in [4.69, 9.17) is 0 Å². The maximum absolute atomic E-state index is 10.3. The van der Waals surface area contributed by atoms with Gasteiger partial charge in [0.15, 0.2) is 0 Å². The molecule has 0 aliphatic carbocycles. The molecule has 2 N–H and O–H groups in total. The van der Waals surface area contributed by atoms with Crippen molar-refractivity contribution >= 4 is 11.5 Å². The Morgan fingerprint density at radius 1 is 1.00 bits per heavy atom. The summed E-state index contributed by atoms with van der Waals surface area (Å²) < 4.78 is 0. The van der Waals surface area contributed by atoms with Crippen LogP contribution in [0.5, 0.6) is 0 Å². The number of H-pyrrole nitrogens is 1. The van der Waals surface area contributed by atoms with Gasteiger partial charge in [-0.05, 0) is 57.9 Å². The number of hydrogen-bond donors (Lipinski definition) is 2. The highest BCUT2D eigenvalue weighted by atomic mass is 16.3. The van der Waals surface area contributed by atoms with Gasteiger partial charge in [0.1, 0.15) is 11.9 Å². The van der Waals surface area contributed by atoms with Crippen LogP contribution in [0.15, 0.2) is 30.0 Å². The highest BCUT2D eigenvalue weighted by Gasteiger charge is 2.27. The Bertz CT molecular complexity index is 717. The lowest BCUT2D eigenvalue weighted by atomic mass is 10.00. The van der Waals surface area contributed by atoms with E-state index in [1.807, 2.05) is 26.0 Å². The van der Waals surface area contributed by atoms with E-state index in [0.29, 0.717) is 0 Å².